The van der Waals surface area contributed by atoms with Gasteiger partial charge >= 0.3 is 0 Å². The van der Waals surface area contributed by atoms with Crippen LogP contribution in [0.2, 0.25) is 0 Å². The van der Waals surface area contributed by atoms with Crippen molar-refractivity contribution in [2.24, 2.45) is 5.41 Å². The number of carbonyl (C=O) groups excluding carboxylic acids is 1. The third kappa shape index (κ3) is 1.82. The lowest BCUT2D eigenvalue weighted by Gasteiger charge is -2.20. The summed E-state index contributed by atoms with van der Waals surface area (Å²) in [5, 5.41) is 0. The quantitative estimate of drug-likeness (QED) is 0.611. The Morgan fingerprint density at radius 1 is 1.36 bits per heavy atom. The number of Topliss-reactive ketones (excluding diaryl/α,β-unsaturated/α-hetero) is 1. The normalized spacial score (nSPS) is 22.0. The predicted molar refractivity (Wildman–Crippen MR) is 46.5 cm³/mol. The van der Waals surface area contributed by atoms with Crippen LogP contribution in [0.3, 0.4) is 0 Å². The molecule has 1 saturated carbocycles. The molecule has 0 atom stereocenters. The summed E-state index contributed by atoms with van der Waals surface area (Å²) in [6, 6.07) is 0. The van der Waals surface area contributed by atoms with Crippen molar-refractivity contribution in [1.29, 1.82) is 0 Å². The van der Waals surface area contributed by atoms with Crippen LogP contribution in [0.25, 0.3) is 0 Å². The smallest absolute Gasteiger partial charge is 0.138 e. The molecule has 64 valence electrons. The number of rotatable bonds is 3. The molecule has 0 aromatic rings. The Balaban J connectivity index is 2.49. The maximum Gasteiger partial charge on any atom is 0.138 e. The van der Waals surface area contributed by atoms with Gasteiger partial charge in [-0.25, -0.2) is 0 Å². The first-order valence-electron chi connectivity index (χ1n) is 4.72. The van der Waals surface area contributed by atoms with Crippen molar-refractivity contribution in [3.8, 4) is 0 Å². The average Bonchev–Trinajstić information content (AvgIpc) is 2.38. The van der Waals surface area contributed by atoms with Gasteiger partial charge in [0.25, 0.3) is 0 Å². The van der Waals surface area contributed by atoms with Crippen LogP contribution in [0.4, 0.5) is 0 Å². The molecule has 0 N–H and O–H groups in total. The van der Waals surface area contributed by atoms with Gasteiger partial charge in [-0.15, -0.1) is 0 Å². The lowest BCUT2D eigenvalue weighted by atomic mass is 9.82. The minimum atomic E-state index is 0.0655. The Bertz CT molecular complexity index is 143. The Morgan fingerprint density at radius 3 is 2.36 bits per heavy atom. The second-order valence-electron chi connectivity index (χ2n) is 3.94. The molecule has 1 fully saturated rings. The van der Waals surface area contributed by atoms with Gasteiger partial charge in [-0.1, -0.05) is 26.7 Å². The standard InChI is InChI=1S/C10H18O/c1-3-6-9(11)10(2)7-4-5-8-10/h3-8H2,1-2H3. The highest BCUT2D eigenvalue weighted by molar-refractivity contribution is 5.84. The van der Waals surface area contributed by atoms with Gasteiger partial charge in [0.1, 0.15) is 5.78 Å². The fourth-order valence-corrected chi connectivity index (χ4v) is 1.96. The van der Waals surface area contributed by atoms with Crippen LogP contribution in [-0.2, 0) is 4.79 Å². The summed E-state index contributed by atoms with van der Waals surface area (Å²) in [4.78, 5) is 11.6. The summed E-state index contributed by atoms with van der Waals surface area (Å²) in [6.45, 7) is 4.22. The maximum atomic E-state index is 11.6. The van der Waals surface area contributed by atoms with Crippen molar-refractivity contribution in [2.45, 2.75) is 52.4 Å². The minimum absolute atomic E-state index is 0.0655. The van der Waals surface area contributed by atoms with E-state index in [9.17, 15) is 4.79 Å². The molecule has 0 aromatic carbocycles. The van der Waals surface area contributed by atoms with Gasteiger partial charge in [0.2, 0.25) is 0 Å². The molecule has 0 saturated heterocycles. The lowest BCUT2D eigenvalue weighted by Crippen LogP contribution is -2.23. The molecule has 0 radical (unpaired) electrons. The zero-order valence-corrected chi connectivity index (χ0v) is 7.65. The number of ketones is 1. The summed E-state index contributed by atoms with van der Waals surface area (Å²) < 4.78 is 0. The first kappa shape index (κ1) is 8.76. The monoisotopic (exact) mass is 154 g/mol. The zero-order chi connectivity index (χ0) is 8.32. The van der Waals surface area contributed by atoms with Crippen LogP contribution in [0.1, 0.15) is 52.4 Å². The Morgan fingerprint density at radius 2 is 1.91 bits per heavy atom. The molecule has 0 heterocycles. The van der Waals surface area contributed by atoms with E-state index in [1.165, 1.54) is 12.8 Å². The summed E-state index contributed by atoms with van der Waals surface area (Å²) in [6.07, 6.45) is 6.57. The predicted octanol–water partition coefficient (Wildman–Crippen LogP) is 2.94. The molecule has 0 unspecified atom stereocenters. The van der Waals surface area contributed by atoms with E-state index in [1.807, 2.05) is 0 Å². The van der Waals surface area contributed by atoms with Crippen molar-refractivity contribution in [3.63, 3.8) is 0 Å². The number of carbonyl (C=O) groups is 1. The maximum absolute atomic E-state index is 11.6. The number of hydrogen-bond donors (Lipinski definition) is 0. The highest BCUT2D eigenvalue weighted by atomic mass is 16.1. The molecule has 0 bridgehead atoms. The highest BCUT2D eigenvalue weighted by Crippen LogP contribution is 2.39. The van der Waals surface area contributed by atoms with Crippen LogP contribution >= 0.6 is 0 Å². The van der Waals surface area contributed by atoms with Crippen LogP contribution in [0.15, 0.2) is 0 Å². The molecule has 11 heavy (non-hydrogen) atoms. The molecule has 1 aliphatic carbocycles. The molecule has 1 rings (SSSR count). The molecule has 1 aliphatic rings. The third-order valence-electron chi connectivity index (χ3n) is 2.86. The Kier molecular flexibility index (Phi) is 2.69. The van der Waals surface area contributed by atoms with Crippen LogP contribution in [0.5, 0.6) is 0 Å². The largest absolute Gasteiger partial charge is 0.299 e. The van der Waals surface area contributed by atoms with E-state index >= 15 is 0 Å². The van der Waals surface area contributed by atoms with E-state index in [0.29, 0.717) is 5.78 Å². The first-order valence-corrected chi connectivity index (χ1v) is 4.72. The topological polar surface area (TPSA) is 17.1 Å². The summed E-state index contributed by atoms with van der Waals surface area (Å²) in [5.41, 5.74) is 0.0655. The van der Waals surface area contributed by atoms with Gasteiger partial charge in [0.15, 0.2) is 0 Å². The first-order chi connectivity index (χ1) is 5.19. The molecule has 0 spiro atoms. The summed E-state index contributed by atoms with van der Waals surface area (Å²) in [5.74, 6) is 0.498. The van der Waals surface area contributed by atoms with Gasteiger partial charge < -0.3 is 0 Å². The molecule has 0 aromatic heterocycles. The van der Waals surface area contributed by atoms with Gasteiger partial charge in [-0.05, 0) is 19.3 Å². The summed E-state index contributed by atoms with van der Waals surface area (Å²) in [7, 11) is 0. The van der Waals surface area contributed by atoms with E-state index in [1.54, 1.807) is 0 Å². The lowest BCUT2D eigenvalue weighted by molar-refractivity contribution is -0.127. The van der Waals surface area contributed by atoms with Gasteiger partial charge in [-0.2, -0.15) is 0 Å². The van der Waals surface area contributed by atoms with E-state index in [2.05, 4.69) is 13.8 Å². The van der Waals surface area contributed by atoms with Gasteiger partial charge in [0, 0.05) is 11.8 Å². The van der Waals surface area contributed by atoms with Crippen molar-refractivity contribution < 1.29 is 4.79 Å². The summed E-state index contributed by atoms with van der Waals surface area (Å²) >= 11 is 0. The fraction of sp³-hybridized carbons (Fsp3) is 0.900. The minimum Gasteiger partial charge on any atom is -0.299 e. The molecule has 0 aliphatic heterocycles. The second kappa shape index (κ2) is 3.38. The van der Waals surface area contributed by atoms with E-state index in [4.69, 9.17) is 0 Å². The van der Waals surface area contributed by atoms with E-state index in [-0.39, 0.29) is 5.41 Å². The van der Waals surface area contributed by atoms with Crippen molar-refractivity contribution >= 4 is 5.78 Å². The molecule has 1 nitrogen and oxygen atoms in total. The Hall–Kier alpha value is -0.330. The Labute approximate surface area is 69.2 Å². The van der Waals surface area contributed by atoms with Crippen LogP contribution in [-0.4, -0.2) is 5.78 Å². The molecular formula is C10H18O. The second-order valence-corrected chi connectivity index (χ2v) is 3.94. The molecule has 1 heteroatoms. The van der Waals surface area contributed by atoms with Crippen LogP contribution < -0.4 is 0 Å². The zero-order valence-electron chi connectivity index (χ0n) is 7.65. The van der Waals surface area contributed by atoms with Crippen molar-refractivity contribution in [1.82, 2.24) is 0 Å². The molecule has 0 amide bonds. The average molecular weight is 154 g/mol. The van der Waals surface area contributed by atoms with Gasteiger partial charge in [-0.3, -0.25) is 4.79 Å². The van der Waals surface area contributed by atoms with Crippen LogP contribution in [0, 0.1) is 5.41 Å². The van der Waals surface area contributed by atoms with Crippen molar-refractivity contribution in [3.05, 3.63) is 0 Å². The van der Waals surface area contributed by atoms with E-state index < -0.39 is 0 Å². The van der Waals surface area contributed by atoms with Gasteiger partial charge in [0.05, 0.1) is 0 Å². The third-order valence-corrected chi connectivity index (χ3v) is 2.86. The fourth-order valence-electron chi connectivity index (χ4n) is 1.96. The van der Waals surface area contributed by atoms with E-state index in [0.717, 1.165) is 25.7 Å². The van der Waals surface area contributed by atoms with Crippen molar-refractivity contribution in [2.75, 3.05) is 0 Å². The highest BCUT2D eigenvalue weighted by Gasteiger charge is 2.34. The number of hydrogen-bond acceptors (Lipinski definition) is 1. The SMILES string of the molecule is CCCC(=O)C1(C)CCCC1. The molecular weight excluding hydrogens is 136 g/mol.